The van der Waals surface area contributed by atoms with Gasteiger partial charge in [-0.1, -0.05) is 121 Å². The van der Waals surface area contributed by atoms with Gasteiger partial charge in [0.15, 0.2) is 5.82 Å². The number of ether oxygens (including phenoxy) is 2. The Morgan fingerprint density at radius 2 is 1.55 bits per heavy atom. The fraction of sp³-hybridized carbons (Fsp3) is 0.667. The highest BCUT2D eigenvalue weighted by molar-refractivity contribution is 7.47. The lowest BCUT2D eigenvalue weighted by molar-refractivity contribution is -0.0653. The predicted octanol–water partition coefficient (Wildman–Crippen LogP) is 7.09. The van der Waals surface area contributed by atoms with Crippen molar-refractivity contribution >= 4 is 25.1 Å². The van der Waals surface area contributed by atoms with Crippen molar-refractivity contribution < 1.29 is 43.0 Å². The SMILES string of the molecule is CCCCCCCCCCCCCCCCCCO[C@@H](C)[C@H](COP(=O)(O)OC[C@H]1O[C@@](C#N)(c2ccc3c(N)ncnn23)[C@H](O)[C@@H]1O)N(C)C(=O)c1ccccc1. The maximum absolute atomic E-state index is 13.4. The number of nitrogen functional groups attached to an aromatic ring is 1. The summed E-state index contributed by atoms with van der Waals surface area (Å²) in [5, 5.41) is 36.2. The van der Waals surface area contributed by atoms with Gasteiger partial charge in [0.25, 0.3) is 5.91 Å². The number of anilines is 1. The minimum Gasteiger partial charge on any atom is -0.387 e. The molecule has 4 rings (SSSR count). The number of benzene rings is 1. The number of hydrogen-bond acceptors (Lipinski definition) is 12. The minimum absolute atomic E-state index is 0.0686. The maximum Gasteiger partial charge on any atom is 0.472 e. The lowest BCUT2D eigenvalue weighted by Crippen LogP contribution is -2.47. The van der Waals surface area contributed by atoms with Crippen molar-refractivity contribution in [1.82, 2.24) is 19.5 Å². The van der Waals surface area contributed by atoms with E-state index in [-0.39, 0.29) is 17.4 Å². The Hall–Kier alpha value is -3.45. The number of carbonyl (C=O) groups excluding carboxylic acids is 1. The summed E-state index contributed by atoms with van der Waals surface area (Å²) in [7, 11) is -3.26. The van der Waals surface area contributed by atoms with E-state index in [1.165, 1.54) is 111 Å². The van der Waals surface area contributed by atoms with E-state index < -0.39 is 57.1 Å². The van der Waals surface area contributed by atoms with Gasteiger partial charge in [0.05, 0.1) is 31.1 Å². The lowest BCUT2D eigenvalue weighted by atomic mass is 9.92. The van der Waals surface area contributed by atoms with Crippen LogP contribution in [0.2, 0.25) is 0 Å². The Balaban J connectivity index is 1.23. The Kier molecular flexibility index (Phi) is 19.5. The number of phosphoric acid groups is 1. The molecule has 3 heterocycles. The van der Waals surface area contributed by atoms with E-state index in [9.17, 15) is 29.7 Å². The van der Waals surface area contributed by atoms with Crippen LogP contribution in [0.1, 0.15) is 133 Å². The summed E-state index contributed by atoms with van der Waals surface area (Å²) in [5.41, 5.74) is 4.65. The fourth-order valence-corrected chi connectivity index (χ4v) is 8.20. The third-order valence-corrected chi connectivity index (χ3v) is 12.0. The number of rotatable bonds is 28. The molecule has 2 aromatic heterocycles. The lowest BCUT2D eigenvalue weighted by Gasteiger charge is -2.33. The van der Waals surface area contributed by atoms with Crippen molar-refractivity contribution in [2.45, 2.75) is 153 Å². The van der Waals surface area contributed by atoms with Crippen molar-refractivity contribution in [3.8, 4) is 6.07 Å². The fourth-order valence-electron chi connectivity index (χ4n) is 7.45. The predicted molar refractivity (Wildman–Crippen MR) is 221 cm³/mol. The number of unbranched alkanes of at least 4 members (excludes halogenated alkanes) is 15. The summed E-state index contributed by atoms with van der Waals surface area (Å²) in [6, 6.07) is 12.8. The molecule has 1 amide bonds. The van der Waals surface area contributed by atoms with Crippen molar-refractivity contribution in [3.63, 3.8) is 0 Å². The molecule has 5 N–H and O–H groups in total. The van der Waals surface area contributed by atoms with Crippen LogP contribution in [0.4, 0.5) is 5.82 Å². The number of aliphatic hydroxyl groups is 2. The van der Waals surface area contributed by atoms with Crippen LogP contribution < -0.4 is 5.73 Å². The molecule has 1 aliphatic heterocycles. The molecule has 1 aliphatic rings. The number of fused-ring (bicyclic) bond motifs is 1. The van der Waals surface area contributed by atoms with Gasteiger partial charge in [-0.05, 0) is 37.6 Å². The van der Waals surface area contributed by atoms with Gasteiger partial charge in [-0.2, -0.15) is 10.4 Å². The summed E-state index contributed by atoms with van der Waals surface area (Å²) in [5.74, 6) is -0.204. The quantitative estimate of drug-likeness (QED) is 0.0425. The molecule has 1 fully saturated rings. The van der Waals surface area contributed by atoms with Gasteiger partial charge in [-0.25, -0.2) is 14.1 Å². The highest BCUT2D eigenvalue weighted by Crippen LogP contribution is 2.46. The number of amides is 1. The van der Waals surface area contributed by atoms with Crippen LogP contribution in [0.25, 0.3) is 5.52 Å². The maximum atomic E-state index is 13.4. The van der Waals surface area contributed by atoms with Gasteiger partial charge in [0.1, 0.15) is 36.2 Å². The van der Waals surface area contributed by atoms with E-state index >= 15 is 0 Å². The first kappa shape index (κ1) is 47.2. The summed E-state index contributed by atoms with van der Waals surface area (Å²) >= 11 is 0. The average molecular weight is 829 g/mol. The van der Waals surface area contributed by atoms with Gasteiger partial charge in [-0.15, -0.1) is 0 Å². The highest BCUT2D eigenvalue weighted by atomic mass is 31.2. The summed E-state index contributed by atoms with van der Waals surface area (Å²) in [6.45, 7) is 3.36. The molecule has 322 valence electrons. The Morgan fingerprint density at radius 1 is 0.966 bits per heavy atom. The third-order valence-electron chi connectivity index (χ3n) is 11.1. The van der Waals surface area contributed by atoms with Crippen LogP contribution >= 0.6 is 7.82 Å². The van der Waals surface area contributed by atoms with Crippen LogP contribution in [-0.2, 0) is 28.7 Å². The number of nitrogens with two attached hydrogens (primary N) is 1. The Morgan fingerprint density at radius 3 is 2.14 bits per heavy atom. The van der Waals surface area contributed by atoms with Crippen LogP contribution in [0.5, 0.6) is 0 Å². The highest BCUT2D eigenvalue weighted by Gasteiger charge is 2.58. The summed E-state index contributed by atoms with van der Waals surface area (Å²) in [4.78, 5) is 29.5. The van der Waals surface area contributed by atoms with E-state index in [4.69, 9.17) is 24.3 Å². The molecule has 0 aliphatic carbocycles. The second kappa shape index (κ2) is 24.0. The topological polar surface area (TPSA) is 215 Å². The zero-order valence-corrected chi connectivity index (χ0v) is 35.4. The van der Waals surface area contributed by atoms with E-state index in [2.05, 4.69) is 17.0 Å². The molecular weight excluding hydrogens is 763 g/mol. The van der Waals surface area contributed by atoms with Gasteiger partial charge < -0.3 is 35.2 Å². The molecule has 16 heteroatoms. The number of aromatic nitrogens is 3. The molecule has 0 radical (unpaired) electrons. The smallest absolute Gasteiger partial charge is 0.387 e. The first-order valence-electron chi connectivity index (χ1n) is 21.0. The Labute approximate surface area is 343 Å². The molecule has 0 saturated carbocycles. The monoisotopic (exact) mass is 828 g/mol. The van der Waals surface area contributed by atoms with Crippen LogP contribution in [0, 0.1) is 11.3 Å². The number of carbonyl (C=O) groups is 1. The molecule has 1 unspecified atom stereocenters. The molecule has 7 atom stereocenters. The summed E-state index contributed by atoms with van der Waals surface area (Å²) in [6.07, 6.45) is 15.9. The first-order valence-corrected chi connectivity index (χ1v) is 22.5. The normalized spacial score (nSPS) is 21.4. The largest absolute Gasteiger partial charge is 0.472 e. The molecule has 15 nitrogen and oxygen atoms in total. The van der Waals surface area contributed by atoms with Crippen molar-refractivity contribution in [2.24, 2.45) is 0 Å². The number of nitrogens with zero attached hydrogens (tertiary/aromatic N) is 5. The van der Waals surface area contributed by atoms with Gasteiger partial charge >= 0.3 is 7.82 Å². The third kappa shape index (κ3) is 13.3. The van der Waals surface area contributed by atoms with Crippen molar-refractivity contribution in [2.75, 3.05) is 32.6 Å². The van der Waals surface area contributed by atoms with E-state index in [0.29, 0.717) is 17.7 Å². The molecule has 1 aromatic carbocycles. The molecule has 0 spiro atoms. The number of aliphatic hydroxyl groups excluding tert-OH is 2. The van der Waals surface area contributed by atoms with Gasteiger partial charge in [0, 0.05) is 19.2 Å². The van der Waals surface area contributed by atoms with E-state index in [1.807, 2.05) is 6.07 Å². The zero-order valence-electron chi connectivity index (χ0n) is 34.5. The van der Waals surface area contributed by atoms with E-state index in [1.54, 1.807) is 44.3 Å². The van der Waals surface area contributed by atoms with Crippen molar-refractivity contribution in [1.29, 1.82) is 5.26 Å². The zero-order chi connectivity index (χ0) is 42.0. The van der Waals surface area contributed by atoms with Gasteiger partial charge in [-0.3, -0.25) is 13.8 Å². The van der Waals surface area contributed by atoms with Crippen molar-refractivity contribution in [3.05, 3.63) is 60.0 Å². The number of hydrogen-bond donors (Lipinski definition) is 4. The molecule has 1 saturated heterocycles. The molecule has 0 bridgehead atoms. The van der Waals surface area contributed by atoms with E-state index in [0.717, 1.165) is 19.3 Å². The van der Waals surface area contributed by atoms with Crippen LogP contribution in [0.3, 0.4) is 0 Å². The minimum atomic E-state index is -4.84. The standard InChI is InChI=1S/C42H65N6O9P/c1-4-5-6-7-8-9-10-11-12-13-14-15-16-17-18-22-27-54-32(2)35(47(3)41(51)33-23-20-19-21-24-33)28-55-58(52,53)56-29-36-38(49)39(50)42(30-43,57-36)37-26-25-34-40(44)45-31-46-48(34)37/h19-21,23-26,31-32,35-36,38-39,49-50H,4-18,22,27-29H2,1-3H3,(H,52,53)(H2,44,45,46)/t32-,35-,36+,38+,39+,42-/m0/s1. The molecule has 58 heavy (non-hydrogen) atoms. The average Bonchev–Trinajstić information content (AvgIpc) is 3.77. The van der Waals surface area contributed by atoms with Crippen LogP contribution in [-0.4, -0.2) is 97.8 Å². The number of nitriles is 1. The van der Waals surface area contributed by atoms with Gasteiger partial charge in [0.2, 0.25) is 5.60 Å². The molecule has 3 aromatic rings. The number of likely N-dealkylation sites (N-methyl/N-ethyl adjacent to an activating group) is 1. The number of phosphoric ester groups is 1. The molecular formula is C42H65N6O9P. The first-order chi connectivity index (χ1) is 28.0. The second-order valence-corrected chi connectivity index (χ2v) is 16.8. The second-order valence-electron chi connectivity index (χ2n) is 15.4. The van der Waals surface area contributed by atoms with Crippen LogP contribution in [0.15, 0.2) is 48.8 Å². The summed E-state index contributed by atoms with van der Waals surface area (Å²) < 4.78 is 37.1. The Bertz CT molecular complexity index is 1760.